The molecule has 0 bridgehead atoms. The van der Waals surface area contributed by atoms with Gasteiger partial charge >= 0.3 is 5.69 Å². The number of aryl methyl sites for hydroxylation is 2. The Labute approximate surface area is 120 Å². The lowest BCUT2D eigenvalue weighted by Crippen LogP contribution is -1.99. The molecule has 2 heterocycles. The number of hydrogen-bond donors (Lipinski definition) is 1. The minimum absolute atomic E-state index is 0.0586. The van der Waals surface area contributed by atoms with Gasteiger partial charge in [0.25, 0.3) is 0 Å². The molecule has 0 fully saturated rings. The first-order valence-corrected chi connectivity index (χ1v) is 6.64. The molecule has 1 N–H and O–H groups in total. The number of pyridine rings is 1. The zero-order valence-corrected chi connectivity index (χ0v) is 12.1. The van der Waals surface area contributed by atoms with E-state index in [1.54, 1.807) is 13.1 Å². The molecule has 2 rings (SSSR count). The Kier molecular flexibility index (Phi) is 4.14. The van der Waals surface area contributed by atoms with E-state index in [0.29, 0.717) is 11.0 Å². The highest BCUT2D eigenvalue weighted by Gasteiger charge is 2.18. The molecule has 0 aromatic carbocycles. The van der Waals surface area contributed by atoms with Gasteiger partial charge in [-0.1, -0.05) is 0 Å². The summed E-state index contributed by atoms with van der Waals surface area (Å²) in [7, 11) is 1.70. The van der Waals surface area contributed by atoms with Crippen molar-refractivity contribution in [3.05, 3.63) is 39.7 Å². The van der Waals surface area contributed by atoms with Gasteiger partial charge in [-0.2, -0.15) is 0 Å². The van der Waals surface area contributed by atoms with Gasteiger partial charge in [0.05, 0.1) is 4.92 Å². The smallest absolute Gasteiger partial charge is 0.301 e. The third-order valence-corrected chi connectivity index (χ3v) is 3.30. The molecule has 2 aromatic rings. The summed E-state index contributed by atoms with van der Waals surface area (Å²) in [6.07, 6.45) is 0. The summed E-state index contributed by atoms with van der Waals surface area (Å²) in [6.45, 7) is 3.70. The highest BCUT2D eigenvalue weighted by Crippen LogP contribution is 2.32. The van der Waals surface area contributed by atoms with Gasteiger partial charge in [0.1, 0.15) is 5.82 Å². The van der Waals surface area contributed by atoms with Crippen LogP contribution in [-0.2, 0) is 0 Å². The molecule has 8 heteroatoms. The van der Waals surface area contributed by atoms with E-state index in [9.17, 15) is 10.1 Å². The van der Waals surface area contributed by atoms with Crippen LogP contribution in [0.25, 0.3) is 0 Å². The van der Waals surface area contributed by atoms with Gasteiger partial charge in [0.15, 0.2) is 10.2 Å². The normalized spacial score (nSPS) is 10.3. The topological polar surface area (TPSA) is 93.8 Å². The fraction of sp³-hybridized carbons (Fsp3) is 0.250. The van der Waals surface area contributed by atoms with Crippen molar-refractivity contribution >= 4 is 23.3 Å². The second-order valence-corrected chi connectivity index (χ2v) is 5.02. The molecule has 0 unspecified atom stereocenters. The van der Waals surface area contributed by atoms with Gasteiger partial charge in [-0.25, -0.2) is 15.0 Å². The molecule has 0 radical (unpaired) electrons. The van der Waals surface area contributed by atoms with Crippen molar-refractivity contribution in [1.82, 2.24) is 15.0 Å². The minimum atomic E-state index is -0.461. The molecular formula is C12H13N5O2S. The molecule has 0 aliphatic carbocycles. The van der Waals surface area contributed by atoms with Crippen molar-refractivity contribution in [2.45, 2.75) is 24.0 Å². The zero-order chi connectivity index (χ0) is 14.7. The predicted molar refractivity (Wildman–Crippen MR) is 76.1 cm³/mol. The molecule has 0 saturated heterocycles. The number of rotatable bonds is 4. The van der Waals surface area contributed by atoms with Gasteiger partial charge in [-0.3, -0.25) is 10.1 Å². The third kappa shape index (κ3) is 3.21. The zero-order valence-electron chi connectivity index (χ0n) is 11.2. The quantitative estimate of drug-likeness (QED) is 0.525. The average molecular weight is 291 g/mol. The lowest BCUT2D eigenvalue weighted by molar-refractivity contribution is -0.388. The molecule has 2 aromatic heterocycles. The van der Waals surface area contributed by atoms with Crippen molar-refractivity contribution < 1.29 is 4.92 Å². The summed E-state index contributed by atoms with van der Waals surface area (Å²) in [5.74, 6) is 0.558. The van der Waals surface area contributed by atoms with Crippen LogP contribution in [0.15, 0.2) is 28.4 Å². The van der Waals surface area contributed by atoms with Crippen LogP contribution < -0.4 is 5.32 Å². The van der Waals surface area contributed by atoms with E-state index in [2.05, 4.69) is 20.3 Å². The molecule has 0 amide bonds. The molecule has 0 saturated carbocycles. The Balaban J connectivity index is 2.42. The number of hydrogen-bond acceptors (Lipinski definition) is 7. The van der Waals surface area contributed by atoms with Crippen LogP contribution in [0.3, 0.4) is 0 Å². The maximum atomic E-state index is 11.0. The molecule has 0 atom stereocenters. The van der Waals surface area contributed by atoms with Gasteiger partial charge in [-0.05, 0) is 37.7 Å². The van der Waals surface area contributed by atoms with E-state index in [1.165, 1.54) is 6.07 Å². The van der Waals surface area contributed by atoms with E-state index < -0.39 is 4.92 Å². The average Bonchev–Trinajstić information content (AvgIpc) is 2.37. The van der Waals surface area contributed by atoms with Gasteiger partial charge in [0.2, 0.25) is 0 Å². The third-order valence-electron chi connectivity index (χ3n) is 2.44. The Bertz CT molecular complexity index is 642. The largest absolute Gasteiger partial charge is 0.373 e. The van der Waals surface area contributed by atoms with E-state index in [4.69, 9.17) is 0 Å². The molecule has 104 valence electrons. The van der Waals surface area contributed by atoms with Crippen LogP contribution in [0.5, 0.6) is 0 Å². The van der Waals surface area contributed by atoms with E-state index >= 15 is 0 Å². The summed E-state index contributed by atoms with van der Waals surface area (Å²) in [6, 6.07) is 4.82. The van der Waals surface area contributed by atoms with E-state index in [0.717, 1.165) is 23.1 Å². The number of nitrogens with zero attached hydrogens (tertiary/aromatic N) is 4. The highest BCUT2D eigenvalue weighted by molar-refractivity contribution is 7.99. The number of anilines is 1. The van der Waals surface area contributed by atoms with Crippen molar-refractivity contribution in [3.8, 4) is 0 Å². The second kappa shape index (κ2) is 5.83. The first kappa shape index (κ1) is 14.2. The molecular weight excluding hydrogens is 278 g/mol. The maximum absolute atomic E-state index is 11.0. The Hall–Kier alpha value is -2.22. The summed E-state index contributed by atoms with van der Waals surface area (Å²) < 4.78 is 0. The summed E-state index contributed by atoms with van der Waals surface area (Å²) in [4.78, 5) is 23.3. The van der Waals surface area contributed by atoms with Crippen LogP contribution in [0.4, 0.5) is 11.5 Å². The number of nitro groups is 1. The Morgan fingerprint density at radius 1 is 1.20 bits per heavy atom. The monoisotopic (exact) mass is 291 g/mol. The lowest BCUT2D eigenvalue weighted by Gasteiger charge is -2.05. The van der Waals surface area contributed by atoms with E-state index in [1.807, 2.05) is 19.9 Å². The minimum Gasteiger partial charge on any atom is -0.373 e. The van der Waals surface area contributed by atoms with Crippen LogP contribution in [0.1, 0.15) is 11.4 Å². The van der Waals surface area contributed by atoms with Crippen molar-refractivity contribution in [2.24, 2.45) is 0 Å². The van der Waals surface area contributed by atoms with Crippen molar-refractivity contribution in [1.29, 1.82) is 0 Å². The highest BCUT2D eigenvalue weighted by atomic mass is 32.2. The first-order valence-electron chi connectivity index (χ1n) is 5.83. The van der Waals surface area contributed by atoms with Crippen LogP contribution in [0.2, 0.25) is 0 Å². The summed E-state index contributed by atoms with van der Waals surface area (Å²) in [5.41, 5.74) is 1.57. The van der Waals surface area contributed by atoms with Crippen LogP contribution >= 0.6 is 11.8 Å². The van der Waals surface area contributed by atoms with E-state index in [-0.39, 0.29) is 10.7 Å². The van der Waals surface area contributed by atoms with Crippen LogP contribution in [-0.4, -0.2) is 26.9 Å². The Morgan fingerprint density at radius 2 is 1.85 bits per heavy atom. The first-order chi connectivity index (χ1) is 9.49. The second-order valence-electron chi connectivity index (χ2n) is 4.06. The number of aromatic nitrogens is 3. The molecule has 0 aliphatic heterocycles. The number of nitrogens with one attached hydrogen (secondary N) is 1. The van der Waals surface area contributed by atoms with Crippen molar-refractivity contribution in [2.75, 3.05) is 12.4 Å². The lowest BCUT2D eigenvalue weighted by atomic mass is 10.4. The molecule has 0 spiro atoms. The Morgan fingerprint density at radius 3 is 2.40 bits per heavy atom. The van der Waals surface area contributed by atoms with Crippen molar-refractivity contribution in [3.63, 3.8) is 0 Å². The predicted octanol–water partition coefficient (Wildman–Crippen LogP) is 2.59. The summed E-state index contributed by atoms with van der Waals surface area (Å²) >= 11 is 1.09. The molecule has 0 aliphatic rings. The SMILES string of the molecule is CNc1ccc([N+](=O)[O-])c(Sc2nc(C)cc(C)n2)n1. The van der Waals surface area contributed by atoms with Gasteiger partial charge in [-0.15, -0.1) is 0 Å². The fourth-order valence-corrected chi connectivity index (χ4v) is 2.56. The summed E-state index contributed by atoms with van der Waals surface area (Å²) in [5, 5.41) is 14.6. The standard InChI is InChI=1S/C12H13N5O2S/c1-7-6-8(2)15-12(14-7)20-11-9(17(18)19)4-5-10(13-3)16-11/h4-6H,1-3H3,(H,13,16). The molecule has 20 heavy (non-hydrogen) atoms. The van der Waals surface area contributed by atoms with Crippen LogP contribution in [0, 0.1) is 24.0 Å². The van der Waals surface area contributed by atoms with Gasteiger partial charge < -0.3 is 5.32 Å². The molecule has 7 nitrogen and oxygen atoms in total. The maximum Gasteiger partial charge on any atom is 0.301 e. The fourth-order valence-electron chi connectivity index (χ4n) is 1.61. The van der Waals surface area contributed by atoms with Gasteiger partial charge in [0, 0.05) is 24.5 Å².